The molecular formula is C15H35NSi2. The predicted octanol–water partition coefficient (Wildman–Crippen LogP) is 4.91. The molecule has 0 spiro atoms. The quantitative estimate of drug-likeness (QED) is 0.493. The Morgan fingerprint density at radius 1 is 1.00 bits per heavy atom. The van der Waals surface area contributed by atoms with Crippen LogP contribution in [0.2, 0.25) is 43.3 Å². The highest BCUT2D eigenvalue weighted by atomic mass is 28.3. The van der Waals surface area contributed by atoms with Crippen molar-refractivity contribution < 1.29 is 0 Å². The molecule has 3 heteroatoms. The number of rotatable bonds is 8. The molecule has 1 nitrogen and oxygen atoms in total. The van der Waals surface area contributed by atoms with Crippen molar-refractivity contribution in [3.8, 4) is 0 Å². The Bertz CT molecular complexity index is 252. The average molecular weight is 286 g/mol. The van der Waals surface area contributed by atoms with Crippen molar-refractivity contribution in [1.29, 1.82) is 0 Å². The van der Waals surface area contributed by atoms with Crippen molar-refractivity contribution in [2.24, 2.45) is 0 Å². The van der Waals surface area contributed by atoms with Gasteiger partial charge in [0.25, 0.3) is 0 Å². The molecule has 18 heavy (non-hydrogen) atoms. The molecule has 0 unspecified atom stereocenters. The van der Waals surface area contributed by atoms with E-state index in [0.717, 1.165) is 0 Å². The molecule has 0 amide bonds. The van der Waals surface area contributed by atoms with E-state index < -0.39 is 16.1 Å². The molecule has 0 aromatic carbocycles. The number of hydrogen-bond donors (Lipinski definition) is 1. The summed E-state index contributed by atoms with van der Waals surface area (Å²) in [6.45, 7) is 23.4. The SMILES string of the molecule is C=C[Si](C)(C)CCNCCC[Si](C)(C)C(C)(C)C. The summed E-state index contributed by atoms with van der Waals surface area (Å²) in [5, 5.41) is 4.14. The summed E-state index contributed by atoms with van der Waals surface area (Å²) in [4.78, 5) is 0. The van der Waals surface area contributed by atoms with Crippen molar-refractivity contribution in [3.05, 3.63) is 12.3 Å². The van der Waals surface area contributed by atoms with E-state index >= 15 is 0 Å². The summed E-state index contributed by atoms with van der Waals surface area (Å²) in [5.74, 6) is 0. The van der Waals surface area contributed by atoms with Crippen LogP contribution in [-0.2, 0) is 0 Å². The lowest BCUT2D eigenvalue weighted by atomic mass is 10.2. The average Bonchev–Trinajstić information content (AvgIpc) is 2.21. The van der Waals surface area contributed by atoms with Crippen LogP contribution in [0.5, 0.6) is 0 Å². The minimum absolute atomic E-state index is 0.532. The fraction of sp³-hybridized carbons (Fsp3) is 0.867. The van der Waals surface area contributed by atoms with Gasteiger partial charge in [0.2, 0.25) is 0 Å². The maximum Gasteiger partial charge on any atom is 0.0722 e. The topological polar surface area (TPSA) is 12.0 Å². The Morgan fingerprint density at radius 3 is 2.00 bits per heavy atom. The summed E-state index contributed by atoms with van der Waals surface area (Å²) in [6, 6.07) is 2.75. The van der Waals surface area contributed by atoms with E-state index in [2.05, 4.69) is 64.6 Å². The van der Waals surface area contributed by atoms with E-state index in [1.165, 1.54) is 31.6 Å². The second kappa shape index (κ2) is 7.06. The third kappa shape index (κ3) is 6.90. The first kappa shape index (κ1) is 18.1. The maximum atomic E-state index is 3.95. The zero-order chi connectivity index (χ0) is 14.4. The molecule has 0 aromatic heterocycles. The summed E-state index contributed by atoms with van der Waals surface area (Å²) in [7, 11) is -2.15. The molecule has 0 heterocycles. The van der Waals surface area contributed by atoms with Crippen LogP contribution in [0.15, 0.2) is 12.3 Å². The molecule has 0 atom stereocenters. The number of nitrogens with one attached hydrogen (secondary N) is 1. The van der Waals surface area contributed by atoms with Crippen molar-refractivity contribution >= 4 is 16.1 Å². The molecule has 0 aliphatic heterocycles. The van der Waals surface area contributed by atoms with Crippen LogP contribution >= 0.6 is 0 Å². The van der Waals surface area contributed by atoms with Crippen LogP contribution in [0.1, 0.15) is 27.2 Å². The Morgan fingerprint density at radius 2 is 1.56 bits per heavy atom. The molecule has 0 saturated carbocycles. The maximum absolute atomic E-state index is 3.95. The van der Waals surface area contributed by atoms with Gasteiger partial charge in [0.1, 0.15) is 0 Å². The molecule has 0 aliphatic rings. The lowest BCUT2D eigenvalue weighted by molar-refractivity contribution is 0.669. The second-order valence-corrected chi connectivity index (χ2v) is 18.6. The van der Waals surface area contributed by atoms with Crippen LogP contribution in [-0.4, -0.2) is 29.2 Å². The zero-order valence-electron chi connectivity index (χ0n) is 13.8. The highest BCUT2D eigenvalue weighted by Crippen LogP contribution is 2.39. The van der Waals surface area contributed by atoms with Crippen LogP contribution in [0, 0.1) is 0 Å². The Balaban J connectivity index is 3.73. The minimum atomic E-state index is -1.09. The van der Waals surface area contributed by atoms with Gasteiger partial charge in [-0.3, -0.25) is 0 Å². The van der Waals surface area contributed by atoms with E-state index in [4.69, 9.17) is 0 Å². The lowest BCUT2D eigenvalue weighted by Gasteiger charge is -2.37. The van der Waals surface area contributed by atoms with E-state index in [0.29, 0.717) is 5.04 Å². The van der Waals surface area contributed by atoms with Crippen molar-refractivity contribution in [3.63, 3.8) is 0 Å². The minimum Gasteiger partial charge on any atom is -0.317 e. The van der Waals surface area contributed by atoms with Crippen LogP contribution < -0.4 is 5.32 Å². The van der Waals surface area contributed by atoms with Gasteiger partial charge in [-0.1, -0.05) is 53.0 Å². The van der Waals surface area contributed by atoms with Gasteiger partial charge in [-0.25, -0.2) is 0 Å². The van der Waals surface area contributed by atoms with Crippen molar-refractivity contribution in [2.75, 3.05) is 13.1 Å². The highest BCUT2D eigenvalue weighted by Gasteiger charge is 2.33. The fourth-order valence-electron chi connectivity index (χ4n) is 1.67. The lowest BCUT2D eigenvalue weighted by Crippen LogP contribution is -2.37. The first-order chi connectivity index (χ1) is 8.02. The summed E-state index contributed by atoms with van der Waals surface area (Å²) in [5.41, 5.74) is 2.20. The molecular weight excluding hydrogens is 250 g/mol. The van der Waals surface area contributed by atoms with Crippen LogP contribution in [0.3, 0.4) is 0 Å². The molecule has 108 valence electrons. The first-order valence-corrected chi connectivity index (χ1v) is 13.9. The van der Waals surface area contributed by atoms with Gasteiger partial charge >= 0.3 is 0 Å². The summed E-state index contributed by atoms with van der Waals surface area (Å²) in [6.07, 6.45) is 1.34. The molecule has 0 fully saturated rings. The Kier molecular flexibility index (Phi) is 7.11. The Labute approximate surface area is 117 Å². The highest BCUT2D eigenvalue weighted by molar-refractivity contribution is 6.82. The van der Waals surface area contributed by atoms with Gasteiger partial charge in [0.05, 0.1) is 16.1 Å². The van der Waals surface area contributed by atoms with Gasteiger partial charge in [-0.05, 0) is 30.6 Å². The summed E-state index contributed by atoms with van der Waals surface area (Å²) >= 11 is 0. The second-order valence-electron chi connectivity index (χ2n) is 7.93. The smallest absolute Gasteiger partial charge is 0.0722 e. The Hall–Kier alpha value is 0.134. The zero-order valence-corrected chi connectivity index (χ0v) is 15.8. The van der Waals surface area contributed by atoms with E-state index in [1.54, 1.807) is 0 Å². The standard InChI is InChI=1S/C15H35NSi2/c1-9-17(5,6)14-12-16-11-10-13-18(7,8)15(2,3)4/h9,16H,1,10-14H2,2-8H3. The van der Waals surface area contributed by atoms with Crippen LogP contribution in [0.25, 0.3) is 0 Å². The van der Waals surface area contributed by atoms with Gasteiger partial charge in [0.15, 0.2) is 0 Å². The van der Waals surface area contributed by atoms with Crippen molar-refractivity contribution in [1.82, 2.24) is 5.32 Å². The van der Waals surface area contributed by atoms with Gasteiger partial charge in [-0.2, -0.15) is 0 Å². The monoisotopic (exact) mass is 285 g/mol. The van der Waals surface area contributed by atoms with Crippen LogP contribution in [0.4, 0.5) is 0 Å². The number of hydrogen-bond acceptors (Lipinski definition) is 1. The summed E-state index contributed by atoms with van der Waals surface area (Å²) < 4.78 is 0. The molecule has 0 saturated heterocycles. The molecule has 1 N–H and O–H groups in total. The predicted molar refractivity (Wildman–Crippen MR) is 92.0 cm³/mol. The van der Waals surface area contributed by atoms with Gasteiger partial charge in [-0.15, -0.1) is 12.3 Å². The molecule has 0 aliphatic carbocycles. The van der Waals surface area contributed by atoms with E-state index in [9.17, 15) is 0 Å². The van der Waals surface area contributed by atoms with Gasteiger partial charge < -0.3 is 5.32 Å². The van der Waals surface area contributed by atoms with E-state index in [1.807, 2.05) is 0 Å². The van der Waals surface area contributed by atoms with E-state index in [-0.39, 0.29) is 0 Å². The first-order valence-electron chi connectivity index (χ1n) is 7.36. The third-order valence-electron chi connectivity index (χ3n) is 4.68. The van der Waals surface area contributed by atoms with Crippen molar-refractivity contribution in [2.45, 2.75) is 70.5 Å². The third-order valence-corrected chi connectivity index (χ3v) is 13.0. The molecule has 0 aromatic rings. The molecule has 0 radical (unpaired) electrons. The molecule has 0 bridgehead atoms. The van der Waals surface area contributed by atoms with Gasteiger partial charge in [0, 0.05) is 0 Å². The normalized spacial score (nSPS) is 13.7. The fourth-order valence-corrected chi connectivity index (χ4v) is 4.50. The largest absolute Gasteiger partial charge is 0.317 e. The molecule has 0 rings (SSSR count).